The van der Waals surface area contributed by atoms with Crippen LogP contribution in [0, 0.1) is 0 Å². The monoisotopic (exact) mass is 204 g/mol. The lowest BCUT2D eigenvalue weighted by atomic mass is 9.97. The molecule has 3 nitrogen and oxygen atoms in total. The lowest BCUT2D eigenvalue weighted by Gasteiger charge is -2.05. The summed E-state index contributed by atoms with van der Waals surface area (Å²) in [5.41, 5.74) is 1.13. The molecule has 0 aliphatic carbocycles. The first kappa shape index (κ1) is 11.3. The van der Waals surface area contributed by atoms with Crippen LogP contribution in [0.5, 0.6) is 0 Å². The third-order valence-corrected chi connectivity index (χ3v) is 2.18. The highest BCUT2D eigenvalue weighted by Crippen LogP contribution is 2.14. The van der Waals surface area contributed by atoms with Gasteiger partial charge in [-0.3, -0.25) is 14.4 Å². The van der Waals surface area contributed by atoms with Crippen LogP contribution < -0.4 is 0 Å². The van der Waals surface area contributed by atoms with Gasteiger partial charge in [-0.15, -0.1) is 0 Å². The van der Waals surface area contributed by atoms with Crippen molar-refractivity contribution in [3.8, 4) is 0 Å². The normalized spacial score (nSPS) is 9.80. The molecule has 15 heavy (non-hydrogen) atoms. The van der Waals surface area contributed by atoms with Crippen LogP contribution in [0.15, 0.2) is 18.2 Å². The molecule has 0 atom stereocenters. The van der Waals surface area contributed by atoms with Gasteiger partial charge in [-0.1, -0.05) is 6.07 Å². The molecular weight excluding hydrogens is 192 g/mol. The average molecular weight is 204 g/mol. The van der Waals surface area contributed by atoms with Crippen LogP contribution in [-0.2, 0) is 0 Å². The van der Waals surface area contributed by atoms with Gasteiger partial charge in [0.2, 0.25) is 0 Å². The van der Waals surface area contributed by atoms with Gasteiger partial charge in [0.05, 0.1) is 0 Å². The smallest absolute Gasteiger partial charge is 0.160 e. The third-order valence-electron chi connectivity index (χ3n) is 2.18. The molecule has 0 aliphatic rings. The van der Waals surface area contributed by atoms with Gasteiger partial charge in [0.25, 0.3) is 0 Å². The summed E-state index contributed by atoms with van der Waals surface area (Å²) in [5.74, 6) is -0.494. The van der Waals surface area contributed by atoms with Crippen molar-refractivity contribution in [1.29, 1.82) is 0 Å². The Morgan fingerprint density at radius 2 is 1.33 bits per heavy atom. The van der Waals surface area contributed by atoms with Crippen molar-refractivity contribution in [2.24, 2.45) is 0 Å². The largest absolute Gasteiger partial charge is 0.295 e. The predicted octanol–water partition coefficient (Wildman–Crippen LogP) is 2.29. The van der Waals surface area contributed by atoms with Crippen molar-refractivity contribution in [3.63, 3.8) is 0 Å². The summed E-state index contributed by atoms with van der Waals surface area (Å²) in [5, 5.41) is 0. The molecule has 1 aromatic carbocycles. The quantitative estimate of drug-likeness (QED) is 0.710. The van der Waals surface area contributed by atoms with Crippen molar-refractivity contribution >= 4 is 17.3 Å². The fourth-order valence-electron chi connectivity index (χ4n) is 1.36. The molecule has 0 bridgehead atoms. The van der Waals surface area contributed by atoms with E-state index in [9.17, 15) is 14.4 Å². The Morgan fingerprint density at radius 3 is 1.73 bits per heavy atom. The number of hydrogen-bond acceptors (Lipinski definition) is 3. The summed E-state index contributed by atoms with van der Waals surface area (Å²) in [7, 11) is 0. The van der Waals surface area contributed by atoms with E-state index in [1.807, 2.05) is 0 Å². The highest BCUT2D eigenvalue weighted by atomic mass is 16.1. The molecule has 3 heteroatoms. The van der Waals surface area contributed by atoms with Crippen LogP contribution in [0.25, 0.3) is 0 Å². The maximum Gasteiger partial charge on any atom is 0.160 e. The van der Waals surface area contributed by atoms with E-state index in [-0.39, 0.29) is 17.3 Å². The Morgan fingerprint density at radius 1 is 0.800 bits per heavy atom. The van der Waals surface area contributed by atoms with E-state index < -0.39 is 0 Å². The molecule has 0 heterocycles. The number of rotatable bonds is 3. The standard InChI is InChI=1S/C12H12O3/c1-7(13)10-4-5-11(8(2)14)12(6-10)9(3)15/h4-6H,1-3H3. The van der Waals surface area contributed by atoms with Gasteiger partial charge in [-0.05, 0) is 32.9 Å². The number of ketones is 3. The summed E-state index contributed by atoms with van der Waals surface area (Å²) >= 11 is 0. The summed E-state index contributed by atoms with van der Waals surface area (Å²) in [4.78, 5) is 33.6. The van der Waals surface area contributed by atoms with Crippen LogP contribution in [0.3, 0.4) is 0 Å². The van der Waals surface area contributed by atoms with E-state index in [1.54, 1.807) is 6.07 Å². The predicted molar refractivity (Wildman–Crippen MR) is 56.5 cm³/mol. The van der Waals surface area contributed by atoms with Crippen LogP contribution in [0.1, 0.15) is 51.8 Å². The zero-order valence-corrected chi connectivity index (χ0v) is 8.96. The van der Waals surface area contributed by atoms with Crippen molar-refractivity contribution in [1.82, 2.24) is 0 Å². The SMILES string of the molecule is CC(=O)c1ccc(C(C)=O)c(C(C)=O)c1. The topological polar surface area (TPSA) is 51.2 Å². The molecule has 0 saturated carbocycles. The Bertz CT molecular complexity index is 444. The molecule has 78 valence electrons. The summed E-state index contributed by atoms with van der Waals surface area (Å²) in [6.45, 7) is 4.20. The van der Waals surface area contributed by atoms with Crippen LogP contribution in [-0.4, -0.2) is 17.3 Å². The number of hydrogen-bond donors (Lipinski definition) is 0. The van der Waals surface area contributed by atoms with Crippen LogP contribution >= 0.6 is 0 Å². The molecule has 0 aromatic heterocycles. The van der Waals surface area contributed by atoms with E-state index in [2.05, 4.69) is 0 Å². The molecule has 0 unspecified atom stereocenters. The van der Waals surface area contributed by atoms with Gasteiger partial charge < -0.3 is 0 Å². The zero-order valence-electron chi connectivity index (χ0n) is 8.96. The van der Waals surface area contributed by atoms with Crippen molar-refractivity contribution < 1.29 is 14.4 Å². The van der Waals surface area contributed by atoms with Gasteiger partial charge in [-0.25, -0.2) is 0 Å². The maximum atomic E-state index is 11.3. The van der Waals surface area contributed by atoms with Crippen molar-refractivity contribution in [2.75, 3.05) is 0 Å². The Hall–Kier alpha value is -1.77. The third kappa shape index (κ3) is 2.37. The number of carbonyl (C=O) groups is 3. The minimum atomic E-state index is -0.205. The maximum absolute atomic E-state index is 11.3. The first-order chi connectivity index (χ1) is 6.93. The molecule has 1 rings (SSSR count). The summed E-state index contributed by atoms with van der Waals surface area (Å²) in [6.07, 6.45) is 0. The molecule has 1 aromatic rings. The summed E-state index contributed by atoms with van der Waals surface area (Å²) in [6, 6.07) is 4.56. The highest BCUT2D eigenvalue weighted by Gasteiger charge is 2.12. The first-order valence-corrected chi connectivity index (χ1v) is 4.60. The summed E-state index contributed by atoms with van der Waals surface area (Å²) < 4.78 is 0. The van der Waals surface area contributed by atoms with E-state index in [4.69, 9.17) is 0 Å². The molecular formula is C12H12O3. The second kappa shape index (κ2) is 4.17. The fourth-order valence-corrected chi connectivity index (χ4v) is 1.36. The molecule has 0 spiro atoms. The van der Waals surface area contributed by atoms with E-state index >= 15 is 0 Å². The Balaban J connectivity index is 3.40. The second-order valence-electron chi connectivity index (χ2n) is 3.43. The molecule has 0 radical (unpaired) electrons. The van der Waals surface area contributed by atoms with E-state index in [1.165, 1.54) is 32.9 Å². The van der Waals surface area contributed by atoms with Crippen LogP contribution in [0.2, 0.25) is 0 Å². The lowest BCUT2D eigenvalue weighted by Crippen LogP contribution is -2.06. The van der Waals surface area contributed by atoms with Gasteiger partial charge in [-0.2, -0.15) is 0 Å². The first-order valence-electron chi connectivity index (χ1n) is 4.60. The lowest BCUT2D eigenvalue weighted by molar-refractivity contribution is 0.0979. The molecule has 0 N–H and O–H groups in total. The zero-order chi connectivity index (χ0) is 11.6. The van der Waals surface area contributed by atoms with Gasteiger partial charge in [0, 0.05) is 16.7 Å². The molecule has 0 amide bonds. The van der Waals surface area contributed by atoms with Gasteiger partial charge in [0.1, 0.15) is 0 Å². The number of benzene rings is 1. The molecule has 0 fully saturated rings. The average Bonchev–Trinajstić information content (AvgIpc) is 2.16. The van der Waals surface area contributed by atoms with E-state index in [0.29, 0.717) is 16.7 Å². The number of Topliss-reactive ketones (excluding diaryl/α,β-unsaturated/α-hetero) is 3. The minimum absolute atomic E-state index is 0.118. The fraction of sp³-hybridized carbons (Fsp3) is 0.250. The molecule has 0 aliphatic heterocycles. The van der Waals surface area contributed by atoms with Gasteiger partial charge >= 0.3 is 0 Å². The Kier molecular flexibility index (Phi) is 3.14. The van der Waals surface area contributed by atoms with Gasteiger partial charge in [0.15, 0.2) is 17.3 Å². The highest BCUT2D eigenvalue weighted by molar-refractivity contribution is 6.09. The Labute approximate surface area is 88.1 Å². The van der Waals surface area contributed by atoms with Crippen LogP contribution in [0.4, 0.5) is 0 Å². The minimum Gasteiger partial charge on any atom is -0.295 e. The van der Waals surface area contributed by atoms with Crippen molar-refractivity contribution in [3.05, 3.63) is 34.9 Å². The second-order valence-corrected chi connectivity index (χ2v) is 3.43. The number of carbonyl (C=O) groups excluding carboxylic acids is 3. The van der Waals surface area contributed by atoms with E-state index in [0.717, 1.165) is 0 Å². The molecule has 0 saturated heterocycles. The van der Waals surface area contributed by atoms with Crippen molar-refractivity contribution in [2.45, 2.75) is 20.8 Å².